The van der Waals surface area contributed by atoms with E-state index in [4.69, 9.17) is 10.8 Å². The maximum absolute atomic E-state index is 12.2. The van der Waals surface area contributed by atoms with Crippen molar-refractivity contribution in [3.05, 3.63) is 46.4 Å². The first-order chi connectivity index (χ1) is 11.0. The van der Waals surface area contributed by atoms with E-state index in [-0.39, 0.29) is 22.4 Å². The Morgan fingerprint density at radius 1 is 1.30 bits per heavy atom. The number of imidazole rings is 1. The van der Waals surface area contributed by atoms with E-state index in [9.17, 15) is 9.59 Å². The fourth-order valence-electron chi connectivity index (χ4n) is 2.13. The van der Waals surface area contributed by atoms with Crippen LogP contribution < -0.4 is 11.4 Å². The van der Waals surface area contributed by atoms with Crippen molar-refractivity contribution in [1.82, 2.24) is 19.5 Å². The largest absolute Gasteiger partial charge is 0.481 e. The minimum atomic E-state index is -0.979. The molecule has 0 unspecified atom stereocenters. The van der Waals surface area contributed by atoms with Crippen molar-refractivity contribution in [2.75, 3.05) is 11.5 Å². The number of nitrogens with zero attached hydrogens (tertiary/aromatic N) is 3. The summed E-state index contributed by atoms with van der Waals surface area (Å²) >= 11 is 0.951. The lowest BCUT2D eigenvalue weighted by Gasteiger charge is -2.05. The van der Waals surface area contributed by atoms with E-state index in [1.807, 2.05) is 30.3 Å². The number of fused-ring (bicyclic) bond motifs is 1. The molecule has 3 rings (SSSR count). The summed E-state index contributed by atoms with van der Waals surface area (Å²) in [7, 11) is 0. The number of anilines is 1. The fraction of sp³-hybridized carbons (Fsp3) is 0.143. The van der Waals surface area contributed by atoms with Gasteiger partial charge in [0.2, 0.25) is 0 Å². The normalized spacial score (nSPS) is 11.0. The zero-order valence-electron chi connectivity index (χ0n) is 11.9. The van der Waals surface area contributed by atoms with Gasteiger partial charge in [-0.1, -0.05) is 42.1 Å². The Morgan fingerprint density at radius 3 is 2.74 bits per heavy atom. The molecule has 0 saturated carbocycles. The number of H-pyrrole nitrogens is 1. The molecular formula is C14H13N5O3S. The molecule has 1 aromatic carbocycles. The molecule has 0 saturated heterocycles. The van der Waals surface area contributed by atoms with Crippen molar-refractivity contribution in [1.29, 1.82) is 0 Å². The Balaban J connectivity index is 2.05. The summed E-state index contributed by atoms with van der Waals surface area (Å²) in [6.45, 7) is 0.333. The van der Waals surface area contributed by atoms with Crippen LogP contribution in [-0.4, -0.2) is 36.3 Å². The third-order valence-electron chi connectivity index (χ3n) is 3.14. The quantitative estimate of drug-likeness (QED) is 0.469. The molecule has 4 N–H and O–H groups in total. The Kier molecular flexibility index (Phi) is 4.02. The lowest BCUT2D eigenvalue weighted by atomic mass is 10.2. The number of nitrogens with one attached hydrogen (secondary N) is 1. The molecular weight excluding hydrogens is 318 g/mol. The molecule has 0 spiro atoms. The smallest absolute Gasteiger partial charge is 0.328 e. The van der Waals surface area contributed by atoms with Gasteiger partial charge in [0.05, 0.1) is 12.3 Å². The van der Waals surface area contributed by atoms with Gasteiger partial charge in [-0.05, 0) is 5.56 Å². The lowest BCUT2D eigenvalue weighted by Crippen LogP contribution is -2.17. The van der Waals surface area contributed by atoms with Crippen LogP contribution in [0.4, 0.5) is 5.82 Å². The van der Waals surface area contributed by atoms with Crippen LogP contribution in [0.5, 0.6) is 0 Å². The number of aliphatic carboxylic acids is 1. The van der Waals surface area contributed by atoms with Crippen molar-refractivity contribution in [2.24, 2.45) is 0 Å². The third-order valence-corrected chi connectivity index (χ3v) is 3.97. The summed E-state index contributed by atoms with van der Waals surface area (Å²) in [4.78, 5) is 33.7. The zero-order valence-corrected chi connectivity index (χ0v) is 12.7. The molecule has 2 heterocycles. The number of carbonyl (C=O) groups is 1. The number of nitrogen functional groups attached to an aromatic ring is 1. The molecule has 0 aliphatic carbocycles. The van der Waals surface area contributed by atoms with Gasteiger partial charge in [0.25, 0.3) is 0 Å². The topological polar surface area (TPSA) is 127 Å². The molecule has 0 bridgehead atoms. The average Bonchev–Trinajstić information content (AvgIpc) is 2.83. The first-order valence-electron chi connectivity index (χ1n) is 6.69. The number of nitrogens with two attached hydrogens (primary N) is 1. The molecule has 9 heteroatoms. The fourth-order valence-corrected chi connectivity index (χ4v) is 2.70. The monoisotopic (exact) mass is 331 g/mol. The summed E-state index contributed by atoms with van der Waals surface area (Å²) in [5, 5.41) is 8.96. The van der Waals surface area contributed by atoms with Crippen LogP contribution in [0.15, 0.2) is 40.3 Å². The Morgan fingerprint density at radius 2 is 2.04 bits per heavy atom. The molecule has 0 aliphatic rings. The van der Waals surface area contributed by atoms with Gasteiger partial charge in [0.15, 0.2) is 16.6 Å². The number of aromatic amines is 1. The number of rotatable bonds is 5. The van der Waals surface area contributed by atoms with Crippen molar-refractivity contribution >= 4 is 34.7 Å². The van der Waals surface area contributed by atoms with Crippen molar-refractivity contribution in [3.8, 4) is 0 Å². The molecule has 0 fully saturated rings. The number of benzene rings is 1. The maximum Gasteiger partial charge on any atom is 0.328 e. The number of carboxylic acids is 1. The average molecular weight is 331 g/mol. The van der Waals surface area contributed by atoms with Gasteiger partial charge >= 0.3 is 11.7 Å². The van der Waals surface area contributed by atoms with Gasteiger partial charge in [-0.3, -0.25) is 9.36 Å². The highest BCUT2D eigenvalue weighted by atomic mass is 32.2. The minimum absolute atomic E-state index is 0.117. The second kappa shape index (κ2) is 6.13. The van der Waals surface area contributed by atoms with Gasteiger partial charge in [0.1, 0.15) is 5.52 Å². The maximum atomic E-state index is 12.2. The van der Waals surface area contributed by atoms with E-state index < -0.39 is 5.97 Å². The molecule has 0 radical (unpaired) electrons. The van der Waals surface area contributed by atoms with Crippen LogP contribution in [0.25, 0.3) is 11.2 Å². The highest BCUT2D eigenvalue weighted by molar-refractivity contribution is 7.99. The van der Waals surface area contributed by atoms with Crippen molar-refractivity contribution < 1.29 is 9.90 Å². The highest BCUT2D eigenvalue weighted by Crippen LogP contribution is 2.20. The van der Waals surface area contributed by atoms with E-state index in [1.54, 1.807) is 0 Å². The molecule has 0 atom stereocenters. The summed E-state index contributed by atoms with van der Waals surface area (Å²) in [5.41, 5.74) is 7.15. The van der Waals surface area contributed by atoms with E-state index in [0.29, 0.717) is 17.7 Å². The van der Waals surface area contributed by atoms with Crippen LogP contribution in [0.3, 0.4) is 0 Å². The highest BCUT2D eigenvalue weighted by Gasteiger charge is 2.15. The molecule has 3 aromatic rings. The predicted octanol–water partition coefficient (Wildman–Crippen LogP) is 0.927. The van der Waals surface area contributed by atoms with Gasteiger partial charge in [-0.2, -0.15) is 0 Å². The minimum Gasteiger partial charge on any atom is -0.481 e. The van der Waals surface area contributed by atoms with Crippen molar-refractivity contribution in [2.45, 2.75) is 11.7 Å². The van der Waals surface area contributed by atoms with Gasteiger partial charge < -0.3 is 15.8 Å². The van der Waals surface area contributed by atoms with E-state index in [2.05, 4.69) is 15.0 Å². The van der Waals surface area contributed by atoms with Gasteiger partial charge in [0, 0.05) is 0 Å². The third kappa shape index (κ3) is 3.19. The first-order valence-corrected chi connectivity index (χ1v) is 7.67. The number of hydrogen-bond acceptors (Lipinski definition) is 6. The molecule has 8 nitrogen and oxygen atoms in total. The molecule has 118 valence electrons. The summed E-state index contributed by atoms with van der Waals surface area (Å²) in [6.07, 6.45) is 0. The Hall–Kier alpha value is -2.81. The molecule has 2 aromatic heterocycles. The van der Waals surface area contributed by atoms with Crippen LogP contribution in [0, 0.1) is 0 Å². The van der Waals surface area contributed by atoms with Crippen LogP contribution >= 0.6 is 11.8 Å². The summed E-state index contributed by atoms with van der Waals surface area (Å²) in [5.74, 6) is -1.04. The molecule has 0 amide bonds. The van der Waals surface area contributed by atoms with Gasteiger partial charge in [-0.25, -0.2) is 14.8 Å². The second-order valence-electron chi connectivity index (χ2n) is 4.77. The van der Waals surface area contributed by atoms with E-state index in [1.165, 1.54) is 4.57 Å². The van der Waals surface area contributed by atoms with Gasteiger partial charge in [-0.15, -0.1) is 0 Å². The Labute approximate surface area is 134 Å². The first kappa shape index (κ1) is 15.1. The number of carboxylic acid groups (broad SMARTS) is 1. The van der Waals surface area contributed by atoms with Crippen LogP contribution in [0.2, 0.25) is 0 Å². The predicted molar refractivity (Wildman–Crippen MR) is 86.5 cm³/mol. The summed E-state index contributed by atoms with van der Waals surface area (Å²) < 4.78 is 1.45. The molecule has 0 aliphatic heterocycles. The zero-order chi connectivity index (χ0) is 16.4. The van der Waals surface area contributed by atoms with Crippen molar-refractivity contribution in [3.63, 3.8) is 0 Å². The van der Waals surface area contributed by atoms with Crippen LogP contribution in [0.1, 0.15) is 5.56 Å². The second-order valence-corrected chi connectivity index (χ2v) is 5.72. The standard InChI is InChI=1S/C14H13N5O3S/c15-11-10-12(18-13(17-11)23-7-9(20)21)19(14(22)16-10)6-8-4-2-1-3-5-8/h1-5H,6-7H2,(H,16,22)(H,20,21)(H2,15,17,18). The number of aromatic nitrogens is 4. The van der Waals surface area contributed by atoms with E-state index >= 15 is 0 Å². The Bertz CT molecular complexity index is 919. The number of thioether (sulfide) groups is 1. The van der Waals surface area contributed by atoms with Crippen LogP contribution in [-0.2, 0) is 11.3 Å². The van der Waals surface area contributed by atoms with E-state index in [0.717, 1.165) is 17.3 Å². The molecule has 23 heavy (non-hydrogen) atoms. The number of hydrogen-bond donors (Lipinski definition) is 3. The summed E-state index contributed by atoms with van der Waals surface area (Å²) in [6, 6.07) is 9.45. The SMILES string of the molecule is Nc1nc(SCC(=O)O)nc2c1[nH]c(=O)n2Cc1ccccc1. The lowest BCUT2D eigenvalue weighted by molar-refractivity contribution is -0.133.